The number of piperazine rings is 1. The number of nitrogens with two attached hydrogens (primary N) is 1. The van der Waals surface area contributed by atoms with E-state index in [1.165, 1.54) is 4.90 Å². The summed E-state index contributed by atoms with van der Waals surface area (Å²) in [4.78, 5) is 36.1. The second kappa shape index (κ2) is 5.70. The van der Waals surface area contributed by atoms with E-state index >= 15 is 0 Å². The summed E-state index contributed by atoms with van der Waals surface area (Å²) in [5.74, 6) is -0.967. The van der Waals surface area contributed by atoms with Gasteiger partial charge < -0.3 is 16.0 Å². The first kappa shape index (κ1) is 14.0. The molecule has 0 aromatic heterocycles. The molecule has 7 heteroatoms. The van der Waals surface area contributed by atoms with Gasteiger partial charge in [-0.25, -0.2) is 4.79 Å². The van der Waals surface area contributed by atoms with Crippen LogP contribution in [0.1, 0.15) is 12.5 Å². The molecule has 1 atom stereocenters. The maximum absolute atomic E-state index is 12.1. The summed E-state index contributed by atoms with van der Waals surface area (Å²) in [6, 6.07) is 5.90. The van der Waals surface area contributed by atoms with Gasteiger partial charge >= 0.3 is 6.03 Å². The lowest BCUT2D eigenvalue weighted by atomic mass is 10.2. The summed E-state index contributed by atoms with van der Waals surface area (Å²) in [6.07, 6.45) is 0. The average molecular weight is 276 g/mol. The Balaban J connectivity index is 2.10. The highest BCUT2D eigenvalue weighted by Crippen LogP contribution is 2.13. The molecule has 0 saturated carbocycles. The first-order valence-corrected chi connectivity index (χ1v) is 6.21. The maximum Gasteiger partial charge on any atom is 0.322 e. The predicted molar refractivity (Wildman–Crippen MR) is 72.7 cm³/mol. The van der Waals surface area contributed by atoms with E-state index in [0.29, 0.717) is 12.2 Å². The van der Waals surface area contributed by atoms with Crippen molar-refractivity contribution in [3.05, 3.63) is 29.8 Å². The Hall–Kier alpha value is -2.41. The Bertz CT molecular complexity index is 558. The monoisotopic (exact) mass is 276 g/mol. The lowest BCUT2D eigenvalue weighted by Crippen LogP contribution is -2.59. The number of rotatable bonds is 2. The molecule has 1 aliphatic heterocycles. The third kappa shape index (κ3) is 2.94. The number of hydrogen-bond donors (Lipinski definition) is 3. The molecule has 0 aliphatic carbocycles. The van der Waals surface area contributed by atoms with Crippen molar-refractivity contribution < 1.29 is 14.4 Å². The van der Waals surface area contributed by atoms with Crippen LogP contribution in [0.25, 0.3) is 0 Å². The van der Waals surface area contributed by atoms with Gasteiger partial charge in [0.1, 0.15) is 12.6 Å². The number of benzene rings is 1. The van der Waals surface area contributed by atoms with Crippen LogP contribution < -0.4 is 16.4 Å². The van der Waals surface area contributed by atoms with Crippen LogP contribution in [-0.2, 0) is 16.1 Å². The Kier molecular flexibility index (Phi) is 3.99. The minimum atomic E-state index is -0.689. The van der Waals surface area contributed by atoms with E-state index in [-0.39, 0.29) is 6.54 Å². The number of imide groups is 1. The van der Waals surface area contributed by atoms with E-state index in [1.54, 1.807) is 25.1 Å². The summed E-state index contributed by atoms with van der Waals surface area (Å²) >= 11 is 0. The van der Waals surface area contributed by atoms with Crippen LogP contribution in [0.3, 0.4) is 0 Å². The molecule has 0 radical (unpaired) electrons. The molecule has 1 heterocycles. The van der Waals surface area contributed by atoms with Crippen molar-refractivity contribution in [1.82, 2.24) is 10.2 Å². The number of anilines is 1. The molecule has 1 saturated heterocycles. The molecule has 0 bridgehead atoms. The third-order valence-electron chi connectivity index (χ3n) is 3.10. The average Bonchev–Trinajstić information content (AvgIpc) is 2.43. The van der Waals surface area contributed by atoms with E-state index in [2.05, 4.69) is 10.6 Å². The molecular formula is C13H16N4O3. The number of urea groups is 1. The van der Waals surface area contributed by atoms with Gasteiger partial charge in [-0.1, -0.05) is 12.1 Å². The van der Waals surface area contributed by atoms with Crippen molar-refractivity contribution >= 4 is 23.5 Å². The van der Waals surface area contributed by atoms with Crippen molar-refractivity contribution in [3.8, 4) is 0 Å². The highest BCUT2D eigenvalue weighted by molar-refractivity contribution is 6.05. The highest BCUT2D eigenvalue weighted by Gasteiger charge is 2.33. The van der Waals surface area contributed by atoms with E-state index in [1.807, 2.05) is 6.07 Å². The molecule has 7 nitrogen and oxygen atoms in total. The lowest BCUT2D eigenvalue weighted by molar-refractivity contribution is -0.137. The van der Waals surface area contributed by atoms with Crippen molar-refractivity contribution in [3.63, 3.8) is 0 Å². The highest BCUT2D eigenvalue weighted by atomic mass is 16.2. The molecule has 0 spiro atoms. The predicted octanol–water partition coefficient (Wildman–Crippen LogP) is 0.0241. The smallest absolute Gasteiger partial charge is 0.322 e. The fraction of sp³-hybridized carbons (Fsp3) is 0.308. The number of carbonyl (C=O) groups excluding carboxylic acids is 3. The number of nitrogens with zero attached hydrogens (tertiary/aromatic N) is 1. The first-order chi connectivity index (χ1) is 9.51. The molecule has 4 amide bonds. The minimum absolute atomic E-state index is 0.144. The molecule has 106 valence electrons. The summed E-state index contributed by atoms with van der Waals surface area (Å²) in [5, 5.41) is 4.84. The van der Waals surface area contributed by atoms with Crippen LogP contribution >= 0.6 is 0 Å². The molecule has 4 N–H and O–H groups in total. The minimum Gasteiger partial charge on any atom is -0.326 e. The maximum atomic E-state index is 12.1. The van der Waals surface area contributed by atoms with Crippen LogP contribution in [0, 0.1) is 0 Å². The first-order valence-electron chi connectivity index (χ1n) is 6.21. The molecule has 1 unspecified atom stereocenters. The number of hydrogen-bond acceptors (Lipinski definition) is 4. The number of amides is 4. The molecule has 1 fully saturated rings. The zero-order valence-corrected chi connectivity index (χ0v) is 11.1. The van der Waals surface area contributed by atoms with Crippen molar-refractivity contribution in [2.24, 2.45) is 5.73 Å². The van der Waals surface area contributed by atoms with E-state index in [9.17, 15) is 14.4 Å². The van der Waals surface area contributed by atoms with Gasteiger partial charge in [-0.2, -0.15) is 0 Å². The van der Waals surface area contributed by atoms with E-state index in [4.69, 9.17) is 5.73 Å². The second-order valence-electron chi connectivity index (χ2n) is 4.55. The van der Waals surface area contributed by atoms with Crippen LogP contribution in [0.5, 0.6) is 0 Å². The van der Waals surface area contributed by atoms with Crippen LogP contribution in [0.2, 0.25) is 0 Å². The Morgan fingerprint density at radius 2 is 2.25 bits per heavy atom. The molecule has 2 rings (SSSR count). The van der Waals surface area contributed by atoms with Crippen LogP contribution in [-0.4, -0.2) is 35.3 Å². The third-order valence-corrected chi connectivity index (χ3v) is 3.10. The quantitative estimate of drug-likeness (QED) is 0.662. The van der Waals surface area contributed by atoms with Crippen molar-refractivity contribution in [2.45, 2.75) is 19.5 Å². The van der Waals surface area contributed by atoms with Gasteiger partial charge in [0, 0.05) is 12.2 Å². The summed E-state index contributed by atoms with van der Waals surface area (Å²) in [7, 11) is 0. The molecule has 1 aromatic carbocycles. The van der Waals surface area contributed by atoms with Crippen LogP contribution in [0.15, 0.2) is 24.3 Å². The van der Waals surface area contributed by atoms with Gasteiger partial charge in [-0.3, -0.25) is 14.9 Å². The van der Waals surface area contributed by atoms with Crippen molar-refractivity contribution in [2.75, 3.05) is 11.9 Å². The normalized spacial score (nSPS) is 18.7. The van der Waals surface area contributed by atoms with Gasteiger partial charge in [0.25, 0.3) is 0 Å². The van der Waals surface area contributed by atoms with E-state index in [0.717, 1.165) is 5.56 Å². The van der Waals surface area contributed by atoms with Crippen LogP contribution in [0.4, 0.5) is 10.5 Å². The zero-order chi connectivity index (χ0) is 14.7. The van der Waals surface area contributed by atoms with Gasteiger partial charge in [-0.05, 0) is 24.6 Å². The Morgan fingerprint density at radius 1 is 1.50 bits per heavy atom. The Morgan fingerprint density at radius 3 is 2.95 bits per heavy atom. The largest absolute Gasteiger partial charge is 0.326 e. The number of carbonyl (C=O) groups is 3. The molecule has 1 aromatic rings. The zero-order valence-electron chi connectivity index (χ0n) is 11.1. The fourth-order valence-corrected chi connectivity index (χ4v) is 1.93. The van der Waals surface area contributed by atoms with Gasteiger partial charge in [0.05, 0.1) is 0 Å². The molecular weight excluding hydrogens is 260 g/mol. The topological polar surface area (TPSA) is 105 Å². The van der Waals surface area contributed by atoms with Gasteiger partial charge in [0.2, 0.25) is 11.8 Å². The summed E-state index contributed by atoms with van der Waals surface area (Å²) in [6.45, 7) is 1.79. The Labute approximate surface area is 116 Å². The molecule has 20 heavy (non-hydrogen) atoms. The van der Waals surface area contributed by atoms with Crippen molar-refractivity contribution in [1.29, 1.82) is 0 Å². The molecule has 1 aliphatic rings. The number of nitrogens with one attached hydrogen (secondary N) is 2. The lowest BCUT2D eigenvalue weighted by Gasteiger charge is -2.31. The SMILES string of the molecule is CC1C(=O)NC(=O)CN1C(=O)Nc1cccc(CN)c1. The van der Waals surface area contributed by atoms with Gasteiger partial charge in [-0.15, -0.1) is 0 Å². The van der Waals surface area contributed by atoms with Gasteiger partial charge in [0.15, 0.2) is 0 Å². The summed E-state index contributed by atoms with van der Waals surface area (Å²) < 4.78 is 0. The summed E-state index contributed by atoms with van der Waals surface area (Å²) in [5.41, 5.74) is 6.98. The second-order valence-corrected chi connectivity index (χ2v) is 4.55. The van der Waals surface area contributed by atoms with E-state index < -0.39 is 23.9 Å². The fourth-order valence-electron chi connectivity index (χ4n) is 1.93. The standard InChI is InChI=1S/C13H16N4O3/c1-8-12(19)16-11(18)7-17(8)13(20)15-10-4-2-3-9(5-10)6-14/h2-5,8H,6-7,14H2,1H3,(H,15,20)(H,16,18,19).